The molecule has 0 aromatic heterocycles. The number of carboxylic acids is 1. The number of ether oxygens (including phenoxy) is 2. The molecule has 0 bridgehead atoms. The van der Waals surface area contributed by atoms with Crippen LogP contribution in [0.4, 0.5) is 0 Å². The minimum atomic E-state index is -0.999. The van der Waals surface area contributed by atoms with Gasteiger partial charge < -0.3 is 14.6 Å². The number of carbonyl (C=O) groups is 2. The van der Waals surface area contributed by atoms with Crippen molar-refractivity contribution in [3.63, 3.8) is 0 Å². The van der Waals surface area contributed by atoms with Gasteiger partial charge in [-0.25, -0.2) is 0 Å². The Morgan fingerprint density at radius 1 is 1.20 bits per heavy atom. The molecule has 5 nitrogen and oxygen atoms in total. The SMILES string of the molecule is C[C@H](CCOCc1ccccc1)OC(=O)CCC(=O)O. The van der Waals surface area contributed by atoms with E-state index in [4.69, 9.17) is 14.6 Å². The summed E-state index contributed by atoms with van der Waals surface area (Å²) in [4.78, 5) is 21.6. The van der Waals surface area contributed by atoms with Crippen molar-refractivity contribution in [3.8, 4) is 0 Å². The van der Waals surface area contributed by atoms with Gasteiger partial charge in [-0.2, -0.15) is 0 Å². The molecular weight excluding hydrogens is 260 g/mol. The molecule has 20 heavy (non-hydrogen) atoms. The Labute approximate surface area is 118 Å². The first-order chi connectivity index (χ1) is 9.58. The number of aliphatic carboxylic acids is 1. The topological polar surface area (TPSA) is 72.8 Å². The molecule has 5 heteroatoms. The highest BCUT2D eigenvalue weighted by Gasteiger charge is 2.11. The van der Waals surface area contributed by atoms with E-state index < -0.39 is 11.9 Å². The number of carboxylic acid groups (broad SMARTS) is 1. The van der Waals surface area contributed by atoms with Crippen LogP contribution in [0.25, 0.3) is 0 Å². The third kappa shape index (κ3) is 7.53. The second-order valence-electron chi connectivity index (χ2n) is 4.52. The molecule has 0 spiro atoms. The summed E-state index contributed by atoms with van der Waals surface area (Å²) >= 11 is 0. The van der Waals surface area contributed by atoms with Gasteiger partial charge in [-0.1, -0.05) is 30.3 Å². The molecule has 0 heterocycles. The van der Waals surface area contributed by atoms with Gasteiger partial charge in [0.15, 0.2) is 0 Å². The molecule has 0 unspecified atom stereocenters. The van der Waals surface area contributed by atoms with Gasteiger partial charge in [-0.15, -0.1) is 0 Å². The van der Waals surface area contributed by atoms with Crippen molar-refractivity contribution >= 4 is 11.9 Å². The van der Waals surface area contributed by atoms with E-state index in [9.17, 15) is 9.59 Å². The first-order valence-electron chi connectivity index (χ1n) is 6.61. The van der Waals surface area contributed by atoms with E-state index in [0.717, 1.165) is 5.56 Å². The van der Waals surface area contributed by atoms with E-state index in [1.54, 1.807) is 6.92 Å². The van der Waals surface area contributed by atoms with Crippen LogP contribution in [0.3, 0.4) is 0 Å². The van der Waals surface area contributed by atoms with Gasteiger partial charge >= 0.3 is 11.9 Å². The highest BCUT2D eigenvalue weighted by Crippen LogP contribution is 2.05. The molecule has 0 aliphatic heterocycles. The molecule has 0 fully saturated rings. The predicted octanol–water partition coefficient (Wildman–Crippen LogP) is 2.39. The van der Waals surface area contributed by atoms with E-state index in [0.29, 0.717) is 19.6 Å². The minimum Gasteiger partial charge on any atom is -0.481 e. The van der Waals surface area contributed by atoms with E-state index in [1.165, 1.54) is 0 Å². The molecule has 110 valence electrons. The fraction of sp³-hybridized carbons (Fsp3) is 0.467. The Balaban J connectivity index is 2.09. The van der Waals surface area contributed by atoms with Crippen LogP contribution in [-0.4, -0.2) is 29.8 Å². The van der Waals surface area contributed by atoms with E-state index in [-0.39, 0.29) is 18.9 Å². The van der Waals surface area contributed by atoms with Crippen molar-refractivity contribution in [2.45, 2.75) is 38.9 Å². The highest BCUT2D eigenvalue weighted by molar-refractivity contribution is 5.76. The monoisotopic (exact) mass is 280 g/mol. The molecule has 1 atom stereocenters. The molecule has 0 saturated heterocycles. The third-order valence-corrected chi connectivity index (χ3v) is 2.66. The van der Waals surface area contributed by atoms with Crippen molar-refractivity contribution < 1.29 is 24.2 Å². The van der Waals surface area contributed by atoms with Crippen LogP contribution < -0.4 is 0 Å². The second kappa shape index (κ2) is 9.09. The van der Waals surface area contributed by atoms with Crippen molar-refractivity contribution in [2.75, 3.05) is 6.61 Å². The number of hydrogen-bond donors (Lipinski definition) is 1. The van der Waals surface area contributed by atoms with Crippen molar-refractivity contribution in [1.29, 1.82) is 0 Å². The lowest BCUT2D eigenvalue weighted by molar-refractivity contribution is -0.152. The lowest BCUT2D eigenvalue weighted by atomic mass is 10.2. The summed E-state index contributed by atoms with van der Waals surface area (Å²) in [7, 11) is 0. The molecule has 0 saturated carbocycles. The molecule has 1 aromatic rings. The van der Waals surface area contributed by atoms with Crippen LogP contribution in [0.15, 0.2) is 30.3 Å². The summed E-state index contributed by atoms with van der Waals surface area (Å²) in [5, 5.41) is 8.45. The second-order valence-corrected chi connectivity index (χ2v) is 4.52. The minimum absolute atomic E-state index is 0.0927. The first-order valence-corrected chi connectivity index (χ1v) is 6.61. The van der Waals surface area contributed by atoms with Crippen LogP contribution in [0.5, 0.6) is 0 Å². The summed E-state index contributed by atoms with van der Waals surface area (Å²) in [6, 6.07) is 9.81. The van der Waals surface area contributed by atoms with Crippen LogP contribution in [0, 0.1) is 0 Å². The predicted molar refractivity (Wildman–Crippen MR) is 73.1 cm³/mol. The largest absolute Gasteiger partial charge is 0.481 e. The highest BCUT2D eigenvalue weighted by atomic mass is 16.5. The normalized spacial score (nSPS) is 11.8. The fourth-order valence-corrected chi connectivity index (χ4v) is 1.56. The van der Waals surface area contributed by atoms with Gasteiger partial charge in [0.05, 0.1) is 26.1 Å². The Bertz CT molecular complexity index is 416. The quantitative estimate of drug-likeness (QED) is 0.555. The molecule has 1 aromatic carbocycles. The van der Waals surface area contributed by atoms with Crippen molar-refractivity contribution in [2.24, 2.45) is 0 Å². The maximum Gasteiger partial charge on any atom is 0.306 e. The van der Waals surface area contributed by atoms with Crippen LogP contribution in [0.1, 0.15) is 31.7 Å². The van der Waals surface area contributed by atoms with Gasteiger partial charge in [0, 0.05) is 6.42 Å². The lowest BCUT2D eigenvalue weighted by Gasteiger charge is -2.13. The zero-order valence-corrected chi connectivity index (χ0v) is 11.6. The van der Waals surface area contributed by atoms with Gasteiger partial charge in [0.1, 0.15) is 6.10 Å². The van der Waals surface area contributed by atoms with Gasteiger partial charge in [0.2, 0.25) is 0 Å². The Morgan fingerprint density at radius 2 is 1.90 bits per heavy atom. The van der Waals surface area contributed by atoms with E-state index >= 15 is 0 Å². The maximum atomic E-state index is 11.3. The molecule has 0 aliphatic carbocycles. The number of benzene rings is 1. The number of rotatable bonds is 9. The maximum absolute atomic E-state index is 11.3. The van der Waals surface area contributed by atoms with Crippen molar-refractivity contribution in [1.82, 2.24) is 0 Å². The molecule has 1 N–H and O–H groups in total. The van der Waals surface area contributed by atoms with Gasteiger partial charge in [-0.05, 0) is 12.5 Å². The van der Waals surface area contributed by atoms with Crippen LogP contribution >= 0.6 is 0 Å². The third-order valence-electron chi connectivity index (χ3n) is 2.66. The molecule has 0 radical (unpaired) electrons. The number of esters is 1. The molecule has 0 aliphatic rings. The summed E-state index contributed by atoms with van der Waals surface area (Å²) in [6.45, 7) is 2.79. The smallest absolute Gasteiger partial charge is 0.306 e. The fourth-order valence-electron chi connectivity index (χ4n) is 1.56. The molecule has 1 rings (SSSR count). The number of carbonyl (C=O) groups excluding carboxylic acids is 1. The molecular formula is C15H20O5. The van der Waals surface area contributed by atoms with E-state index in [1.807, 2.05) is 30.3 Å². The van der Waals surface area contributed by atoms with Gasteiger partial charge in [-0.3, -0.25) is 9.59 Å². The Kier molecular flexibility index (Phi) is 7.35. The average Bonchev–Trinajstić information content (AvgIpc) is 2.42. The van der Waals surface area contributed by atoms with Gasteiger partial charge in [0.25, 0.3) is 0 Å². The zero-order valence-electron chi connectivity index (χ0n) is 11.6. The summed E-state index contributed by atoms with van der Waals surface area (Å²) in [5.41, 5.74) is 1.10. The number of hydrogen-bond acceptors (Lipinski definition) is 4. The first kappa shape index (κ1) is 16.2. The summed E-state index contributed by atoms with van der Waals surface area (Å²) in [5.74, 6) is -1.48. The summed E-state index contributed by atoms with van der Waals surface area (Å²) in [6.07, 6.45) is 0.0266. The van der Waals surface area contributed by atoms with Crippen LogP contribution in [-0.2, 0) is 25.7 Å². The molecule has 0 amide bonds. The lowest BCUT2D eigenvalue weighted by Crippen LogP contribution is -2.17. The van der Waals surface area contributed by atoms with Crippen molar-refractivity contribution in [3.05, 3.63) is 35.9 Å². The Morgan fingerprint density at radius 3 is 2.55 bits per heavy atom. The van der Waals surface area contributed by atoms with Crippen LogP contribution in [0.2, 0.25) is 0 Å². The van der Waals surface area contributed by atoms with E-state index in [2.05, 4.69) is 0 Å². The Hall–Kier alpha value is -1.88. The summed E-state index contributed by atoms with van der Waals surface area (Å²) < 4.78 is 10.6. The zero-order chi connectivity index (χ0) is 14.8. The average molecular weight is 280 g/mol. The standard InChI is InChI=1S/C15H20O5/c1-12(20-15(18)8-7-14(16)17)9-10-19-11-13-5-3-2-4-6-13/h2-6,12H,7-11H2,1H3,(H,16,17)/t12-/m1/s1.